The number of hydrogen-bond acceptors (Lipinski definition) is 9. The Kier molecular flexibility index (Phi) is 7.86. The van der Waals surface area contributed by atoms with Gasteiger partial charge in [-0.3, -0.25) is 9.79 Å². The molecular weight excluding hydrogens is 611 g/mol. The number of aliphatic imine (C=N–C) groups is 1. The van der Waals surface area contributed by atoms with Gasteiger partial charge in [0.2, 0.25) is 0 Å². The summed E-state index contributed by atoms with van der Waals surface area (Å²) in [5, 5.41) is 6.85. The second-order valence-electron chi connectivity index (χ2n) is 15.8. The molecule has 6 heterocycles. The van der Waals surface area contributed by atoms with E-state index < -0.39 is 15.9 Å². The monoisotopic (exact) mass is 657 g/mol. The molecule has 2 aromatic heterocycles. The summed E-state index contributed by atoms with van der Waals surface area (Å²) in [6.07, 6.45) is 13.7. The first-order valence-electron chi connectivity index (χ1n) is 17.0. The first-order chi connectivity index (χ1) is 22.2. The summed E-state index contributed by atoms with van der Waals surface area (Å²) in [5.74, 6) is 1.21. The van der Waals surface area contributed by atoms with Gasteiger partial charge in [-0.15, -0.1) is 0 Å². The van der Waals surface area contributed by atoms with Gasteiger partial charge in [-0.1, -0.05) is 39.0 Å². The smallest absolute Gasteiger partial charge is 0.281 e. The number of hydrogen-bond donors (Lipinski definition) is 3. The van der Waals surface area contributed by atoms with Crippen LogP contribution in [0.3, 0.4) is 0 Å². The Balaban J connectivity index is 1.28. The van der Waals surface area contributed by atoms with Gasteiger partial charge in [0.25, 0.3) is 15.9 Å². The predicted octanol–water partition coefficient (Wildman–Crippen LogP) is 5.21. The van der Waals surface area contributed by atoms with Crippen LogP contribution in [0.4, 0.5) is 11.6 Å². The average molecular weight is 658 g/mol. The second kappa shape index (κ2) is 11.5. The molecule has 2 saturated heterocycles. The van der Waals surface area contributed by atoms with Crippen molar-refractivity contribution in [2.24, 2.45) is 28.2 Å². The molecule has 4 unspecified atom stereocenters. The molecule has 1 saturated carbocycles. The Hall–Kier alpha value is -3.57. The van der Waals surface area contributed by atoms with Crippen molar-refractivity contribution in [3.05, 3.63) is 65.5 Å². The fourth-order valence-corrected chi connectivity index (χ4v) is 9.12. The maximum atomic E-state index is 13.8. The maximum Gasteiger partial charge on any atom is 0.281 e. The van der Waals surface area contributed by atoms with Crippen molar-refractivity contribution in [2.75, 3.05) is 29.9 Å². The van der Waals surface area contributed by atoms with E-state index in [0.29, 0.717) is 23.5 Å². The van der Waals surface area contributed by atoms with Gasteiger partial charge in [0.05, 0.1) is 5.56 Å². The van der Waals surface area contributed by atoms with Crippen LogP contribution in [0.5, 0.6) is 0 Å². The minimum atomic E-state index is -4.27. The number of aromatic nitrogens is 2. The number of rotatable bonds is 2. The van der Waals surface area contributed by atoms with Crippen molar-refractivity contribution in [3.63, 3.8) is 0 Å². The molecule has 5 aliphatic rings. The molecule has 4 aliphatic heterocycles. The molecule has 250 valence electrons. The lowest BCUT2D eigenvalue weighted by atomic mass is 9.87. The fraction of sp³-hybridized carbons (Fsp3) is 0.556. The molecule has 3 N–H and O–H groups in total. The van der Waals surface area contributed by atoms with Crippen LogP contribution < -0.4 is 20.3 Å². The molecule has 2 aromatic rings. The first-order valence-corrected chi connectivity index (χ1v) is 18.4. The van der Waals surface area contributed by atoms with Crippen molar-refractivity contribution < 1.29 is 13.2 Å². The Morgan fingerprint density at radius 3 is 2.60 bits per heavy atom. The SMILES string of the molecule is CC(C)(C)c1ccc2c(n1)N1CC3(CC3CC(C3C=CC(C4CCNCC4)=CN=C3)Nc3cccc(n3)S(=O)(=O)NC2=O)CC1(C)C. The molecule has 4 bridgehead atoms. The fourth-order valence-electron chi connectivity index (χ4n) is 8.19. The van der Waals surface area contributed by atoms with Crippen LogP contribution in [0.2, 0.25) is 0 Å². The van der Waals surface area contributed by atoms with E-state index in [2.05, 4.69) is 72.0 Å². The summed E-state index contributed by atoms with van der Waals surface area (Å²) in [5.41, 5.74) is 1.91. The summed E-state index contributed by atoms with van der Waals surface area (Å²) in [6, 6.07) is 8.37. The van der Waals surface area contributed by atoms with Crippen molar-refractivity contribution in [3.8, 4) is 0 Å². The third-order valence-corrected chi connectivity index (χ3v) is 12.1. The van der Waals surface area contributed by atoms with Crippen molar-refractivity contribution in [1.29, 1.82) is 0 Å². The van der Waals surface area contributed by atoms with Crippen molar-refractivity contribution in [1.82, 2.24) is 20.0 Å². The van der Waals surface area contributed by atoms with Gasteiger partial charge >= 0.3 is 0 Å². The lowest BCUT2D eigenvalue weighted by Crippen LogP contribution is -2.41. The summed E-state index contributed by atoms with van der Waals surface area (Å²) < 4.78 is 29.5. The highest BCUT2D eigenvalue weighted by atomic mass is 32.2. The standard InChI is InChI=1S/C36H47N7O3S/c1-34(2,3)29-12-11-27-32(40-29)43-22-36(21-35(43,4)5)18-26(36)17-28(25-10-9-24(19-38-20-25)23-13-15-37-16-14-23)39-30-7-6-8-31(41-30)47(45,46)42-33(27)44/h6-12,19-20,23,25-26,28,37H,13-18,21-22H2,1-5H3,(H,39,41)(H,42,44). The topological polar surface area (TPSA) is 129 Å². The van der Waals surface area contributed by atoms with Crippen molar-refractivity contribution in [2.45, 2.75) is 88.7 Å². The van der Waals surface area contributed by atoms with Crippen LogP contribution in [-0.2, 0) is 15.4 Å². The van der Waals surface area contributed by atoms with Gasteiger partial charge < -0.3 is 15.5 Å². The second-order valence-corrected chi connectivity index (χ2v) is 17.5. The van der Waals surface area contributed by atoms with Gasteiger partial charge in [0, 0.05) is 47.6 Å². The van der Waals surface area contributed by atoms with Crippen LogP contribution in [0.1, 0.15) is 82.8 Å². The van der Waals surface area contributed by atoms with Crippen LogP contribution >= 0.6 is 0 Å². The van der Waals surface area contributed by atoms with E-state index >= 15 is 0 Å². The van der Waals surface area contributed by atoms with E-state index in [0.717, 1.165) is 57.4 Å². The number of carbonyl (C=O) groups is 1. The molecule has 47 heavy (non-hydrogen) atoms. The highest BCUT2D eigenvalue weighted by molar-refractivity contribution is 7.90. The number of sulfonamides is 1. The quantitative estimate of drug-likeness (QED) is 0.402. The molecule has 10 nitrogen and oxygen atoms in total. The van der Waals surface area contributed by atoms with E-state index in [1.807, 2.05) is 18.5 Å². The molecule has 0 aromatic carbocycles. The summed E-state index contributed by atoms with van der Waals surface area (Å²) in [7, 11) is -4.27. The third kappa shape index (κ3) is 6.24. The molecule has 11 heteroatoms. The van der Waals surface area contributed by atoms with Gasteiger partial charge in [0.1, 0.15) is 11.6 Å². The first kappa shape index (κ1) is 32.0. The molecule has 3 fully saturated rings. The normalized spacial score (nSPS) is 30.1. The number of fused-ring (bicyclic) bond motifs is 5. The molecule has 0 radical (unpaired) electrons. The van der Waals surface area contributed by atoms with E-state index in [1.165, 1.54) is 11.6 Å². The molecule has 1 spiro atoms. The Morgan fingerprint density at radius 2 is 1.83 bits per heavy atom. The molecule has 7 rings (SSSR count). The van der Waals surface area contributed by atoms with Crippen LogP contribution in [0.15, 0.2) is 64.3 Å². The Morgan fingerprint density at radius 1 is 1.04 bits per heavy atom. The third-order valence-electron chi connectivity index (χ3n) is 10.9. The summed E-state index contributed by atoms with van der Waals surface area (Å²) in [4.78, 5) is 30.4. The Labute approximate surface area is 278 Å². The van der Waals surface area contributed by atoms with Gasteiger partial charge in [-0.2, -0.15) is 8.42 Å². The zero-order chi connectivity index (χ0) is 33.2. The van der Waals surface area contributed by atoms with E-state index in [9.17, 15) is 13.2 Å². The van der Waals surface area contributed by atoms with E-state index in [4.69, 9.17) is 9.98 Å². The average Bonchev–Trinajstić information content (AvgIpc) is 3.68. The zero-order valence-corrected chi connectivity index (χ0v) is 28.9. The predicted molar refractivity (Wildman–Crippen MR) is 185 cm³/mol. The van der Waals surface area contributed by atoms with Gasteiger partial charge in [-0.05, 0) is 106 Å². The highest BCUT2D eigenvalue weighted by Gasteiger charge is 2.63. The number of allylic oxidation sites excluding steroid dienone is 2. The molecule has 1 aliphatic carbocycles. The van der Waals surface area contributed by atoms with Crippen LogP contribution in [0, 0.1) is 23.2 Å². The number of anilines is 2. The van der Waals surface area contributed by atoms with E-state index in [-0.39, 0.29) is 38.9 Å². The number of carbonyl (C=O) groups excluding carboxylic acids is 1. The lowest BCUT2D eigenvalue weighted by molar-refractivity contribution is 0.0981. The van der Waals surface area contributed by atoms with Gasteiger partial charge in [-0.25, -0.2) is 14.7 Å². The largest absolute Gasteiger partial charge is 0.366 e. The zero-order valence-electron chi connectivity index (χ0n) is 28.1. The van der Waals surface area contributed by atoms with Crippen molar-refractivity contribution >= 4 is 33.8 Å². The van der Waals surface area contributed by atoms with Crippen LogP contribution in [0.25, 0.3) is 0 Å². The van der Waals surface area contributed by atoms with Gasteiger partial charge in [0.15, 0.2) is 5.03 Å². The number of pyridine rings is 2. The highest BCUT2D eigenvalue weighted by Crippen LogP contribution is 2.65. The Bertz CT molecular complexity index is 1770. The molecule has 1 amide bonds. The summed E-state index contributed by atoms with van der Waals surface area (Å²) in [6.45, 7) is 13.5. The minimum Gasteiger partial charge on any atom is -0.366 e. The molecular formula is C36H47N7O3S. The van der Waals surface area contributed by atoms with E-state index in [1.54, 1.807) is 18.2 Å². The summed E-state index contributed by atoms with van der Waals surface area (Å²) >= 11 is 0. The minimum absolute atomic E-state index is 0.0113. The number of nitrogens with zero attached hydrogens (tertiary/aromatic N) is 4. The number of piperidine rings is 1. The molecule has 4 atom stereocenters. The lowest BCUT2D eigenvalue weighted by Gasteiger charge is -2.34. The maximum absolute atomic E-state index is 13.8. The number of amides is 1. The van der Waals surface area contributed by atoms with Crippen LogP contribution in [-0.4, -0.2) is 61.7 Å². The number of nitrogens with one attached hydrogen (secondary N) is 3.